The summed E-state index contributed by atoms with van der Waals surface area (Å²) in [6.45, 7) is 6.00. The molecule has 0 aromatic carbocycles. The molecule has 7 aliphatic carbocycles. The highest BCUT2D eigenvalue weighted by Gasteiger charge is 2.68. The summed E-state index contributed by atoms with van der Waals surface area (Å²) in [5, 5.41) is 0. The summed E-state index contributed by atoms with van der Waals surface area (Å²) in [7, 11) is 0. The Labute approximate surface area is 130 Å². The van der Waals surface area contributed by atoms with Crippen LogP contribution in [0.2, 0.25) is 0 Å². The molecule has 0 radical (unpaired) electrons. The Morgan fingerprint density at radius 3 is 2.10 bits per heavy atom. The molecule has 0 saturated heterocycles. The Morgan fingerprint density at radius 2 is 1.43 bits per heavy atom. The van der Waals surface area contributed by atoms with E-state index < -0.39 is 0 Å². The van der Waals surface area contributed by atoms with Gasteiger partial charge in [0.05, 0.1) is 0 Å². The maximum atomic E-state index is 3.00. The quantitative estimate of drug-likeness (QED) is 0.491. The summed E-state index contributed by atoms with van der Waals surface area (Å²) >= 11 is 0. The maximum Gasteiger partial charge on any atom is -0.0235 e. The molecule has 0 amide bonds. The second kappa shape index (κ2) is 4.18. The molecule has 116 valence electrons. The maximum absolute atomic E-state index is 3.00. The molecule has 7 aliphatic rings. The highest BCUT2D eigenvalue weighted by Crippen LogP contribution is 2.77. The van der Waals surface area contributed by atoms with Crippen LogP contribution >= 0.6 is 0 Å². The van der Waals surface area contributed by atoms with Crippen LogP contribution in [-0.4, -0.2) is 0 Å². The van der Waals surface area contributed by atoms with E-state index in [-0.39, 0.29) is 0 Å². The Hall–Kier alpha value is -0.260. The Bertz CT molecular complexity index is 447. The average Bonchev–Trinajstić information content (AvgIpc) is 2.41. The first kappa shape index (κ1) is 13.2. The van der Waals surface area contributed by atoms with Crippen LogP contribution < -0.4 is 0 Å². The zero-order valence-electron chi connectivity index (χ0n) is 13.7. The van der Waals surface area contributed by atoms with Crippen LogP contribution in [0.15, 0.2) is 13.2 Å². The van der Waals surface area contributed by atoms with E-state index in [1.165, 1.54) is 35.5 Å². The van der Waals surface area contributed by atoms with Crippen molar-refractivity contribution in [1.29, 1.82) is 0 Å². The third-order valence-electron chi connectivity index (χ3n) is 9.70. The Kier molecular flexibility index (Phi) is 2.63. The highest BCUT2D eigenvalue weighted by molar-refractivity contribution is 5.18. The summed E-state index contributed by atoms with van der Waals surface area (Å²) in [6.07, 6.45) is 18.0. The minimum Gasteiger partial charge on any atom is -0.106 e. The lowest BCUT2D eigenvalue weighted by atomic mass is 9.37. The van der Waals surface area contributed by atoms with Crippen LogP contribution in [0, 0.1) is 46.3 Å². The number of hydrogen-bond donors (Lipinski definition) is 0. The van der Waals surface area contributed by atoms with Gasteiger partial charge in [0, 0.05) is 0 Å². The SMILES string of the molecule is C1CC2(C1)C1CC3CCC34CC3CCC(CC34)C2C1.C=C. The molecule has 4 bridgehead atoms. The third-order valence-corrected chi connectivity index (χ3v) is 9.70. The van der Waals surface area contributed by atoms with Gasteiger partial charge in [0.15, 0.2) is 0 Å². The molecule has 2 spiro atoms. The second-order valence-electron chi connectivity index (χ2n) is 9.47. The summed E-state index contributed by atoms with van der Waals surface area (Å²) in [4.78, 5) is 0. The smallest absolute Gasteiger partial charge is 0.0235 e. The monoisotopic (exact) mass is 284 g/mol. The molecule has 0 aromatic rings. The van der Waals surface area contributed by atoms with Crippen molar-refractivity contribution in [2.45, 2.75) is 70.6 Å². The first-order valence-electron chi connectivity index (χ1n) is 9.82. The predicted molar refractivity (Wildman–Crippen MR) is 87.8 cm³/mol. The first-order valence-corrected chi connectivity index (χ1v) is 9.82. The molecule has 7 atom stereocenters. The largest absolute Gasteiger partial charge is 0.106 e. The van der Waals surface area contributed by atoms with E-state index in [9.17, 15) is 0 Å². The van der Waals surface area contributed by atoms with Crippen LogP contribution in [0.25, 0.3) is 0 Å². The van der Waals surface area contributed by atoms with Crippen LogP contribution in [-0.2, 0) is 0 Å². The topological polar surface area (TPSA) is 0 Å². The predicted octanol–water partition coefficient (Wildman–Crippen LogP) is 5.83. The van der Waals surface area contributed by atoms with Crippen molar-refractivity contribution in [3.8, 4) is 0 Å². The fourth-order valence-corrected chi connectivity index (χ4v) is 8.51. The number of hydrogen-bond acceptors (Lipinski definition) is 0. The summed E-state index contributed by atoms with van der Waals surface area (Å²) in [5.41, 5.74) is 1.84. The fourth-order valence-electron chi connectivity index (χ4n) is 8.51. The second-order valence-corrected chi connectivity index (χ2v) is 9.47. The van der Waals surface area contributed by atoms with Gasteiger partial charge in [-0.1, -0.05) is 6.42 Å². The van der Waals surface area contributed by atoms with Crippen molar-refractivity contribution in [1.82, 2.24) is 0 Å². The van der Waals surface area contributed by atoms with E-state index in [4.69, 9.17) is 0 Å². The van der Waals surface area contributed by atoms with Crippen molar-refractivity contribution >= 4 is 0 Å². The normalized spacial score (nSPS) is 57.3. The van der Waals surface area contributed by atoms with Crippen molar-refractivity contribution in [2.75, 3.05) is 0 Å². The molecule has 0 aromatic heterocycles. The van der Waals surface area contributed by atoms with E-state index in [2.05, 4.69) is 13.2 Å². The van der Waals surface area contributed by atoms with Gasteiger partial charge in [-0.05, 0) is 111 Å². The van der Waals surface area contributed by atoms with Gasteiger partial charge in [-0.25, -0.2) is 0 Å². The lowest BCUT2D eigenvalue weighted by Crippen LogP contribution is -2.59. The Balaban J connectivity index is 0.000000502. The molecule has 7 rings (SSSR count). The van der Waals surface area contributed by atoms with Gasteiger partial charge in [-0.15, -0.1) is 13.2 Å². The summed E-state index contributed by atoms with van der Waals surface area (Å²) in [5.74, 6) is 7.14. The molecule has 0 heteroatoms. The van der Waals surface area contributed by atoms with E-state index >= 15 is 0 Å². The highest BCUT2D eigenvalue weighted by atomic mass is 14.7. The van der Waals surface area contributed by atoms with Crippen molar-refractivity contribution in [2.24, 2.45) is 46.3 Å². The lowest BCUT2D eigenvalue weighted by molar-refractivity contribution is -0.180. The molecule has 21 heavy (non-hydrogen) atoms. The molecule has 0 heterocycles. The molecule has 0 N–H and O–H groups in total. The molecular weight excluding hydrogens is 252 g/mol. The van der Waals surface area contributed by atoms with Gasteiger partial charge >= 0.3 is 0 Å². The van der Waals surface area contributed by atoms with Gasteiger partial charge in [0.25, 0.3) is 0 Å². The molecule has 7 fully saturated rings. The molecule has 0 nitrogen and oxygen atoms in total. The van der Waals surface area contributed by atoms with Crippen molar-refractivity contribution < 1.29 is 0 Å². The zero-order valence-corrected chi connectivity index (χ0v) is 13.7. The first-order chi connectivity index (χ1) is 10.3. The lowest BCUT2D eigenvalue weighted by Gasteiger charge is -2.67. The fraction of sp³-hybridized carbons (Fsp3) is 0.905. The van der Waals surface area contributed by atoms with Gasteiger partial charge in [-0.3, -0.25) is 0 Å². The molecule has 7 saturated carbocycles. The van der Waals surface area contributed by atoms with Crippen molar-refractivity contribution in [3.05, 3.63) is 13.2 Å². The molecule has 0 aliphatic heterocycles. The minimum absolute atomic E-state index is 0.915. The Morgan fingerprint density at radius 1 is 0.667 bits per heavy atom. The van der Waals surface area contributed by atoms with Crippen LogP contribution in [0.4, 0.5) is 0 Å². The number of rotatable bonds is 0. The summed E-state index contributed by atoms with van der Waals surface area (Å²) < 4.78 is 0. The van der Waals surface area contributed by atoms with E-state index in [1.54, 1.807) is 70.6 Å². The van der Waals surface area contributed by atoms with E-state index in [0.29, 0.717) is 0 Å². The molecular formula is C21H32. The zero-order chi connectivity index (χ0) is 14.2. The standard InChI is InChI=1S/C19H28.C2H4/c1-5-18(6-1)15-9-14-4-7-19(14)11-13-3-2-12(8-16(13)19)17(18)10-15;1-2/h12-17H,1-11H2;1-2H2. The van der Waals surface area contributed by atoms with Crippen LogP contribution in [0.3, 0.4) is 0 Å². The summed E-state index contributed by atoms with van der Waals surface area (Å²) in [6, 6.07) is 0. The minimum atomic E-state index is 0.915. The van der Waals surface area contributed by atoms with E-state index in [1.807, 2.05) is 0 Å². The third kappa shape index (κ3) is 1.35. The van der Waals surface area contributed by atoms with Gasteiger partial charge in [-0.2, -0.15) is 0 Å². The van der Waals surface area contributed by atoms with Crippen molar-refractivity contribution in [3.63, 3.8) is 0 Å². The van der Waals surface area contributed by atoms with Gasteiger partial charge in [0.1, 0.15) is 0 Å². The van der Waals surface area contributed by atoms with Crippen LogP contribution in [0.1, 0.15) is 70.6 Å². The van der Waals surface area contributed by atoms with Gasteiger partial charge in [0.2, 0.25) is 0 Å². The molecule has 7 unspecified atom stereocenters. The average molecular weight is 284 g/mol. The van der Waals surface area contributed by atoms with Crippen LogP contribution in [0.5, 0.6) is 0 Å². The van der Waals surface area contributed by atoms with Gasteiger partial charge < -0.3 is 0 Å². The van der Waals surface area contributed by atoms with E-state index in [0.717, 1.165) is 10.8 Å².